The van der Waals surface area contributed by atoms with Gasteiger partial charge in [-0.3, -0.25) is 4.68 Å². The van der Waals surface area contributed by atoms with Crippen LogP contribution in [0.3, 0.4) is 0 Å². The molecule has 0 saturated heterocycles. The van der Waals surface area contributed by atoms with Crippen LogP contribution in [0.15, 0.2) is 35.6 Å². The molecule has 0 fully saturated rings. The minimum atomic E-state index is -2.90. The summed E-state index contributed by atoms with van der Waals surface area (Å²) in [5, 5.41) is 11.0. The molecule has 0 atom stereocenters. The normalized spacial score (nSPS) is 11.7. The molecule has 148 valence electrons. The SMILES string of the molecule is CCNC(=NCc1cc(Cl)ccc1OC(F)F)NCCCn1cc(C)cn1. The third kappa shape index (κ3) is 7.42. The Hall–Kier alpha value is -2.35. The Bertz CT molecular complexity index is 751. The van der Waals surface area contributed by atoms with Gasteiger partial charge in [-0.25, -0.2) is 4.99 Å². The number of ether oxygens (including phenoxy) is 1. The van der Waals surface area contributed by atoms with E-state index in [0.717, 1.165) is 18.5 Å². The fraction of sp³-hybridized carbons (Fsp3) is 0.444. The maximum atomic E-state index is 12.5. The fourth-order valence-corrected chi connectivity index (χ4v) is 2.62. The number of hydrogen-bond donors (Lipinski definition) is 2. The number of aliphatic imine (C=N–C) groups is 1. The number of nitrogens with zero attached hydrogens (tertiary/aromatic N) is 3. The highest BCUT2D eigenvalue weighted by molar-refractivity contribution is 6.30. The van der Waals surface area contributed by atoms with Crippen LogP contribution in [0, 0.1) is 6.92 Å². The quantitative estimate of drug-likeness (QED) is 0.384. The lowest BCUT2D eigenvalue weighted by Crippen LogP contribution is -2.38. The standard InChI is InChI=1S/C18H24ClF2N5O/c1-3-22-18(23-7-4-8-26-12-13(2)10-25-26)24-11-14-9-15(19)5-6-16(14)27-17(20)21/h5-6,9-10,12,17H,3-4,7-8,11H2,1-2H3,(H2,22,23,24). The molecule has 0 aliphatic heterocycles. The van der Waals surface area contributed by atoms with Crippen LogP contribution in [0.1, 0.15) is 24.5 Å². The molecule has 2 aromatic rings. The zero-order valence-electron chi connectivity index (χ0n) is 15.4. The van der Waals surface area contributed by atoms with E-state index in [1.807, 2.05) is 30.9 Å². The Morgan fingerprint density at radius 3 is 2.85 bits per heavy atom. The molecule has 0 bridgehead atoms. The number of benzene rings is 1. The summed E-state index contributed by atoms with van der Waals surface area (Å²) in [6.45, 7) is 3.39. The van der Waals surface area contributed by atoms with Gasteiger partial charge in [0.2, 0.25) is 0 Å². The molecular weight excluding hydrogens is 376 g/mol. The molecule has 2 N–H and O–H groups in total. The highest BCUT2D eigenvalue weighted by Crippen LogP contribution is 2.25. The van der Waals surface area contributed by atoms with Crippen LogP contribution >= 0.6 is 11.6 Å². The summed E-state index contributed by atoms with van der Waals surface area (Å²) in [7, 11) is 0. The first kappa shape index (κ1) is 21.0. The Morgan fingerprint density at radius 1 is 1.37 bits per heavy atom. The van der Waals surface area contributed by atoms with Crippen LogP contribution in [-0.2, 0) is 13.1 Å². The van der Waals surface area contributed by atoms with Gasteiger partial charge in [-0.2, -0.15) is 13.9 Å². The van der Waals surface area contributed by atoms with E-state index < -0.39 is 6.61 Å². The lowest BCUT2D eigenvalue weighted by atomic mass is 10.2. The van der Waals surface area contributed by atoms with Gasteiger partial charge in [-0.1, -0.05) is 11.6 Å². The van der Waals surface area contributed by atoms with E-state index in [1.54, 1.807) is 6.07 Å². The summed E-state index contributed by atoms with van der Waals surface area (Å²) in [6.07, 6.45) is 4.68. The van der Waals surface area contributed by atoms with Gasteiger partial charge in [0.1, 0.15) is 5.75 Å². The number of rotatable bonds is 9. The average Bonchev–Trinajstić information content (AvgIpc) is 3.03. The Kier molecular flexibility index (Phi) is 8.32. The average molecular weight is 400 g/mol. The van der Waals surface area contributed by atoms with E-state index in [2.05, 4.69) is 25.5 Å². The minimum absolute atomic E-state index is 0.0723. The molecule has 2 rings (SSSR count). The molecule has 0 saturated carbocycles. The fourth-order valence-electron chi connectivity index (χ4n) is 2.43. The number of nitrogens with one attached hydrogen (secondary N) is 2. The predicted molar refractivity (Wildman–Crippen MR) is 102 cm³/mol. The van der Waals surface area contributed by atoms with Crippen molar-refractivity contribution in [2.45, 2.75) is 40.0 Å². The lowest BCUT2D eigenvalue weighted by Gasteiger charge is -2.13. The van der Waals surface area contributed by atoms with E-state index in [9.17, 15) is 8.78 Å². The number of guanidine groups is 1. The summed E-state index contributed by atoms with van der Waals surface area (Å²) >= 11 is 5.96. The van der Waals surface area contributed by atoms with Gasteiger partial charge in [0.25, 0.3) is 0 Å². The van der Waals surface area contributed by atoms with Crippen LogP contribution in [0.25, 0.3) is 0 Å². The summed E-state index contributed by atoms with van der Waals surface area (Å²) in [4.78, 5) is 4.43. The van der Waals surface area contributed by atoms with Gasteiger partial charge in [-0.05, 0) is 44.0 Å². The van der Waals surface area contributed by atoms with E-state index in [4.69, 9.17) is 11.6 Å². The van der Waals surface area contributed by atoms with Crippen molar-refractivity contribution in [3.05, 3.63) is 46.7 Å². The van der Waals surface area contributed by atoms with Crippen molar-refractivity contribution >= 4 is 17.6 Å². The van der Waals surface area contributed by atoms with Crippen molar-refractivity contribution in [1.82, 2.24) is 20.4 Å². The third-order valence-corrected chi connectivity index (χ3v) is 3.84. The van der Waals surface area contributed by atoms with Gasteiger partial charge < -0.3 is 15.4 Å². The molecular formula is C18H24ClF2N5O. The second-order valence-electron chi connectivity index (χ2n) is 5.89. The van der Waals surface area contributed by atoms with Crippen molar-refractivity contribution in [1.29, 1.82) is 0 Å². The van der Waals surface area contributed by atoms with Crippen LogP contribution in [0.4, 0.5) is 8.78 Å². The Morgan fingerprint density at radius 2 is 2.19 bits per heavy atom. The molecule has 1 aromatic carbocycles. The second kappa shape index (κ2) is 10.7. The van der Waals surface area contributed by atoms with Crippen LogP contribution in [0.5, 0.6) is 5.75 Å². The van der Waals surface area contributed by atoms with E-state index in [1.165, 1.54) is 12.1 Å². The summed E-state index contributed by atoms with van der Waals surface area (Å²) in [6, 6.07) is 4.51. The number of aryl methyl sites for hydroxylation is 2. The summed E-state index contributed by atoms with van der Waals surface area (Å²) < 4.78 is 31.5. The van der Waals surface area contributed by atoms with Gasteiger partial charge >= 0.3 is 6.61 Å². The maximum absolute atomic E-state index is 12.5. The molecule has 0 aliphatic carbocycles. The molecule has 0 aliphatic rings. The molecule has 9 heteroatoms. The van der Waals surface area contributed by atoms with Crippen molar-refractivity contribution < 1.29 is 13.5 Å². The van der Waals surface area contributed by atoms with Crippen molar-refractivity contribution in [2.24, 2.45) is 4.99 Å². The van der Waals surface area contributed by atoms with Crippen molar-refractivity contribution in [2.75, 3.05) is 13.1 Å². The zero-order valence-corrected chi connectivity index (χ0v) is 16.1. The summed E-state index contributed by atoms with van der Waals surface area (Å²) in [5.41, 5.74) is 1.62. The first-order chi connectivity index (χ1) is 13.0. The summed E-state index contributed by atoms with van der Waals surface area (Å²) in [5.74, 6) is 0.667. The first-order valence-electron chi connectivity index (χ1n) is 8.72. The van der Waals surface area contributed by atoms with Gasteiger partial charge in [0, 0.05) is 36.4 Å². The number of hydrogen-bond acceptors (Lipinski definition) is 3. The van der Waals surface area contributed by atoms with Gasteiger partial charge in [0.15, 0.2) is 5.96 Å². The molecule has 0 unspecified atom stereocenters. The lowest BCUT2D eigenvalue weighted by molar-refractivity contribution is -0.0504. The molecule has 0 spiro atoms. The topological polar surface area (TPSA) is 63.5 Å². The smallest absolute Gasteiger partial charge is 0.387 e. The van der Waals surface area contributed by atoms with E-state index >= 15 is 0 Å². The first-order valence-corrected chi connectivity index (χ1v) is 9.10. The van der Waals surface area contributed by atoms with Crippen LogP contribution in [0.2, 0.25) is 5.02 Å². The van der Waals surface area contributed by atoms with E-state index in [-0.39, 0.29) is 12.3 Å². The third-order valence-electron chi connectivity index (χ3n) is 3.61. The maximum Gasteiger partial charge on any atom is 0.387 e. The monoisotopic (exact) mass is 399 g/mol. The molecule has 0 radical (unpaired) electrons. The van der Waals surface area contributed by atoms with Crippen molar-refractivity contribution in [3.63, 3.8) is 0 Å². The number of alkyl halides is 2. The molecule has 0 amide bonds. The second-order valence-corrected chi connectivity index (χ2v) is 6.32. The largest absolute Gasteiger partial charge is 0.434 e. The predicted octanol–water partition coefficient (Wildman–Crippen LogP) is 3.59. The van der Waals surface area contributed by atoms with Crippen LogP contribution < -0.4 is 15.4 Å². The Balaban J connectivity index is 1.93. The zero-order chi connectivity index (χ0) is 19.6. The highest BCUT2D eigenvalue weighted by atomic mass is 35.5. The van der Waals surface area contributed by atoms with Crippen molar-refractivity contribution in [3.8, 4) is 5.75 Å². The minimum Gasteiger partial charge on any atom is -0.434 e. The highest BCUT2D eigenvalue weighted by Gasteiger charge is 2.10. The molecule has 6 nitrogen and oxygen atoms in total. The van der Waals surface area contributed by atoms with Gasteiger partial charge in [-0.15, -0.1) is 0 Å². The van der Waals surface area contributed by atoms with Gasteiger partial charge in [0.05, 0.1) is 12.7 Å². The number of aromatic nitrogens is 2. The molecule has 27 heavy (non-hydrogen) atoms. The van der Waals surface area contributed by atoms with Crippen LogP contribution in [-0.4, -0.2) is 35.4 Å². The molecule has 1 aromatic heterocycles. The number of halogens is 3. The van der Waals surface area contributed by atoms with E-state index in [0.29, 0.717) is 29.6 Å². The molecule has 1 heterocycles. The Labute approximate surface area is 162 Å².